The van der Waals surface area contributed by atoms with Crippen LogP contribution < -0.4 is 5.32 Å². The minimum Gasteiger partial charge on any atom is -0.360 e. The molecule has 0 saturated carbocycles. The van der Waals surface area contributed by atoms with Gasteiger partial charge in [0.2, 0.25) is 0 Å². The zero-order valence-electron chi connectivity index (χ0n) is 9.01. The molecule has 2 aromatic rings. The van der Waals surface area contributed by atoms with Crippen LogP contribution in [-0.4, -0.2) is 23.9 Å². The molecule has 2 N–H and O–H groups in total. The van der Waals surface area contributed by atoms with Crippen molar-refractivity contribution >= 4 is 32.6 Å². The van der Waals surface area contributed by atoms with E-state index in [1.54, 1.807) is 6.20 Å². The number of Topliss-reactive ketones (excluding diaryl/α,β-unsaturated/α-hetero) is 1. The fraction of sp³-hybridized carbons (Fsp3) is 0.250. The lowest BCUT2D eigenvalue weighted by molar-refractivity contribution is 0.0993. The summed E-state index contributed by atoms with van der Waals surface area (Å²) in [6.07, 6.45) is 1.77. The van der Waals surface area contributed by atoms with Gasteiger partial charge in [-0.1, -0.05) is 28.9 Å². The smallest absolute Gasteiger partial charge is 0.178 e. The van der Waals surface area contributed by atoms with Gasteiger partial charge in [0.15, 0.2) is 5.78 Å². The quantitative estimate of drug-likeness (QED) is 0.846. The molecule has 1 aromatic carbocycles. The summed E-state index contributed by atoms with van der Waals surface area (Å²) >= 11 is 3.40. The molecular weight excluding hydrogens is 268 g/mol. The molecule has 0 amide bonds. The predicted molar refractivity (Wildman–Crippen MR) is 68.9 cm³/mol. The third-order valence-electron chi connectivity index (χ3n) is 2.48. The highest BCUT2D eigenvalue weighted by molar-refractivity contribution is 9.10. The SMILES string of the molecule is CCNCC(=O)c1c[nH]c2cc(Br)ccc12. The number of fused-ring (bicyclic) bond motifs is 1. The number of rotatable bonds is 4. The highest BCUT2D eigenvalue weighted by Crippen LogP contribution is 2.22. The second-order valence-corrected chi connectivity index (χ2v) is 4.51. The molecule has 0 saturated heterocycles. The van der Waals surface area contributed by atoms with E-state index >= 15 is 0 Å². The topological polar surface area (TPSA) is 44.9 Å². The van der Waals surface area contributed by atoms with Crippen LogP contribution in [-0.2, 0) is 0 Å². The summed E-state index contributed by atoms with van der Waals surface area (Å²) in [5, 5.41) is 4.02. The second kappa shape index (κ2) is 4.80. The summed E-state index contributed by atoms with van der Waals surface area (Å²) in [7, 11) is 0. The van der Waals surface area contributed by atoms with Crippen molar-refractivity contribution in [2.24, 2.45) is 0 Å². The van der Waals surface area contributed by atoms with E-state index < -0.39 is 0 Å². The molecule has 0 aliphatic carbocycles. The summed E-state index contributed by atoms with van der Waals surface area (Å²) in [6, 6.07) is 5.87. The largest absolute Gasteiger partial charge is 0.360 e. The number of aromatic nitrogens is 1. The Morgan fingerprint density at radius 3 is 3.06 bits per heavy atom. The Balaban J connectivity index is 2.34. The number of H-pyrrole nitrogens is 1. The van der Waals surface area contributed by atoms with Crippen molar-refractivity contribution in [3.05, 3.63) is 34.4 Å². The Kier molecular flexibility index (Phi) is 3.41. The number of hydrogen-bond acceptors (Lipinski definition) is 2. The third kappa shape index (κ3) is 2.18. The average molecular weight is 281 g/mol. The van der Waals surface area contributed by atoms with E-state index in [1.165, 1.54) is 0 Å². The molecule has 0 atom stereocenters. The van der Waals surface area contributed by atoms with Gasteiger partial charge in [0.25, 0.3) is 0 Å². The molecule has 0 aliphatic rings. The van der Waals surface area contributed by atoms with Crippen molar-refractivity contribution < 1.29 is 4.79 Å². The van der Waals surface area contributed by atoms with Gasteiger partial charge in [-0.25, -0.2) is 0 Å². The zero-order valence-corrected chi connectivity index (χ0v) is 10.6. The molecule has 3 nitrogen and oxygen atoms in total. The molecule has 0 fully saturated rings. The summed E-state index contributed by atoms with van der Waals surface area (Å²) < 4.78 is 1.01. The van der Waals surface area contributed by atoms with Gasteiger partial charge in [0.05, 0.1) is 6.54 Å². The predicted octanol–water partition coefficient (Wildman–Crippen LogP) is 2.72. The van der Waals surface area contributed by atoms with Crippen LogP contribution in [0, 0.1) is 0 Å². The fourth-order valence-electron chi connectivity index (χ4n) is 1.66. The second-order valence-electron chi connectivity index (χ2n) is 3.60. The Morgan fingerprint density at radius 1 is 1.50 bits per heavy atom. The van der Waals surface area contributed by atoms with Gasteiger partial charge in [-0.2, -0.15) is 0 Å². The number of likely N-dealkylation sites (N-methyl/N-ethyl adjacent to an activating group) is 1. The van der Waals surface area contributed by atoms with Crippen molar-refractivity contribution in [1.82, 2.24) is 10.3 Å². The van der Waals surface area contributed by atoms with Gasteiger partial charge in [0, 0.05) is 27.1 Å². The Hall–Kier alpha value is -1.13. The first-order valence-electron chi connectivity index (χ1n) is 5.23. The monoisotopic (exact) mass is 280 g/mol. The first-order valence-corrected chi connectivity index (χ1v) is 6.02. The fourth-order valence-corrected chi connectivity index (χ4v) is 2.02. The number of ketones is 1. The summed E-state index contributed by atoms with van der Waals surface area (Å²) in [5.41, 5.74) is 1.73. The number of carbonyl (C=O) groups is 1. The van der Waals surface area contributed by atoms with E-state index in [0.717, 1.165) is 27.5 Å². The Labute approximate surface area is 102 Å². The van der Waals surface area contributed by atoms with E-state index in [0.29, 0.717) is 6.54 Å². The number of carbonyl (C=O) groups excluding carboxylic acids is 1. The van der Waals surface area contributed by atoms with Crippen LogP contribution in [0.2, 0.25) is 0 Å². The lowest BCUT2D eigenvalue weighted by Crippen LogP contribution is -2.22. The van der Waals surface area contributed by atoms with Gasteiger partial charge in [0.1, 0.15) is 0 Å². The number of hydrogen-bond donors (Lipinski definition) is 2. The number of nitrogens with one attached hydrogen (secondary N) is 2. The van der Waals surface area contributed by atoms with E-state index in [1.807, 2.05) is 25.1 Å². The van der Waals surface area contributed by atoms with E-state index in [9.17, 15) is 4.79 Å². The van der Waals surface area contributed by atoms with Crippen molar-refractivity contribution in [3.8, 4) is 0 Å². The van der Waals surface area contributed by atoms with E-state index in [2.05, 4.69) is 26.2 Å². The van der Waals surface area contributed by atoms with E-state index in [-0.39, 0.29) is 5.78 Å². The molecule has 0 spiro atoms. The maximum absolute atomic E-state index is 11.9. The minimum atomic E-state index is 0.121. The first kappa shape index (κ1) is 11.4. The van der Waals surface area contributed by atoms with Crippen molar-refractivity contribution in [2.75, 3.05) is 13.1 Å². The van der Waals surface area contributed by atoms with Crippen LogP contribution in [0.1, 0.15) is 17.3 Å². The summed E-state index contributed by atoms with van der Waals surface area (Å²) in [6.45, 7) is 3.18. The zero-order chi connectivity index (χ0) is 11.5. The van der Waals surface area contributed by atoms with Gasteiger partial charge < -0.3 is 10.3 Å². The van der Waals surface area contributed by atoms with Gasteiger partial charge in [-0.15, -0.1) is 0 Å². The maximum Gasteiger partial charge on any atom is 0.178 e. The molecular formula is C12H13BrN2O. The Bertz CT molecular complexity index is 519. The molecule has 2 rings (SSSR count). The lowest BCUT2D eigenvalue weighted by atomic mass is 10.1. The maximum atomic E-state index is 11.9. The molecule has 0 radical (unpaired) electrons. The van der Waals surface area contributed by atoms with Gasteiger partial charge in [-0.3, -0.25) is 4.79 Å². The van der Waals surface area contributed by atoms with E-state index in [4.69, 9.17) is 0 Å². The van der Waals surface area contributed by atoms with Crippen LogP contribution in [0.4, 0.5) is 0 Å². The molecule has 84 valence electrons. The standard InChI is InChI=1S/C12H13BrN2O/c1-2-14-7-12(16)10-6-15-11-5-8(13)3-4-9(10)11/h3-6,14-15H,2,7H2,1H3. The Morgan fingerprint density at radius 2 is 2.31 bits per heavy atom. The molecule has 0 aliphatic heterocycles. The molecule has 0 bridgehead atoms. The van der Waals surface area contributed by atoms with Crippen molar-refractivity contribution in [1.29, 1.82) is 0 Å². The third-order valence-corrected chi connectivity index (χ3v) is 2.97. The van der Waals surface area contributed by atoms with Crippen LogP contribution >= 0.6 is 15.9 Å². The number of benzene rings is 1. The molecule has 0 unspecified atom stereocenters. The highest BCUT2D eigenvalue weighted by atomic mass is 79.9. The highest BCUT2D eigenvalue weighted by Gasteiger charge is 2.11. The minimum absolute atomic E-state index is 0.121. The van der Waals surface area contributed by atoms with Crippen molar-refractivity contribution in [3.63, 3.8) is 0 Å². The van der Waals surface area contributed by atoms with Crippen molar-refractivity contribution in [2.45, 2.75) is 6.92 Å². The lowest BCUT2D eigenvalue weighted by Gasteiger charge is -2.00. The van der Waals surface area contributed by atoms with Gasteiger partial charge >= 0.3 is 0 Å². The van der Waals surface area contributed by atoms with Crippen LogP contribution in [0.15, 0.2) is 28.9 Å². The average Bonchev–Trinajstić information content (AvgIpc) is 2.68. The molecule has 16 heavy (non-hydrogen) atoms. The molecule has 1 aromatic heterocycles. The molecule has 4 heteroatoms. The summed E-state index contributed by atoms with van der Waals surface area (Å²) in [4.78, 5) is 15.0. The number of aromatic amines is 1. The molecule has 1 heterocycles. The van der Waals surface area contributed by atoms with Crippen LogP contribution in [0.5, 0.6) is 0 Å². The normalized spacial score (nSPS) is 10.9. The number of halogens is 1. The van der Waals surface area contributed by atoms with Gasteiger partial charge in [-0.05, 0) is 18.7 Å². The van der Waals surface area contributed by atoms with Crippen LogP contribution in [0.3, 0.4) is 0 Å². The van der Waals surface area contributed by atoms with Crippen LogP contribution in [0.25, 0.3) is 10.9 Å². The first-order chi connectivity index (χ1) is 7.72. The summed E-state index contributed by atoms with van der Waals surface area (Å²) in [5.74, 6) is 0.121.